The predicted octanol–water partition coefficient (Wildman–Crippen LogP) is 6.14. The summed E-state index contributed by atoms with van der Waals surface area (Å²) in [5.41, 5.74) is 5.90. The summed E-state index contributed by atoms with van der Waals surface area (Å²) in [6.07, 6.45) is 1.33. The maximum atomic E-state index is 13.3. The van der Waals surface area contributed by atoms with Gasteiger partial charge in [0.1, 0.15) is 0 Å². The van der Waals surface area contributed by atoms with Crippen molar-refractivity contribution in [3.63, 3.8) is 0 Å². The Morgan fingerprint density at radius 3 is 2.16 bits per heavy atom. The Kier molecular flexibility index (Phi) is 4.93. The van der Waals surface area contributed by atoms with E-state index in [2.05, 4.69) is 24.5 Å². The lowest BCUT2D eigenvalue weighted by molar-refractivity contribution is -0.118. The average Bonchev–Trinajstić information content (AvgIpc) is 2.95. The smallest absolute Gasteiger partial charge is 0.193 e. The first-order valence-corrected chi connectivity index (χ1v) is 11.0. The van der Waals surface area contributed by atoms with Crippen LogP contribution in [0.4, 0.5) is 11.4 Å². The van der Waals surface area contributed by atoms with Gasteiger partial charge in [-0.3, -0.25) is 9.59 Å². The molecule has 1 aliphatic heterocycles. The maximum Gasteiger partial charge on any atom is 0.193 e. The highest BCUT2D eigenvalue weighted by Gasteiger charge is 2.38. The third-order valence-corrected chi connectivity index (χ3v) is 6.26. The number of hydrogen-bond acceptors (Lipinski definition) is 4. The minimum atomic E-state index is -0.273. The molecule has 5 rings (SSSR count). The molecule has 0 fully saturated rings. The molecule has 0 aromatic heterocycles. The molecule has 4 nitrogen and oxygen atoms in total. The van der Waals surface area contributed by atoms with E-state index >= 15 is 0 Å². The molecule has 3 aromatic rings. The molecule has 1 heterocycles. The molecule has 0 saturated carbocycles. The fourth-order valence-electron chi connectivity index (χ4n) is 4.72. The molecule has 1 aliphatic carbocycles. The van der Waals surface area contributed by atoms with Crippen molar-refractivity contribution in [1.82, 2.24) is 0 Å². The van der Waals surface area contributed by atoms with Crippen LogP contribution in [0.3, 0.4) is 0 Å². The van der Waals surface area contributed by atoms with E-state index in [4.69, 9.17) is 0 Å². The molecule has 1 atom stereocenters. The molecule has 4 heteroatoms. The highest BCUT2D eigenvalue weighted by molar-refractivity contribution is 6.09. The lowest BCUT2D eigenvalue weighted by Crippen LogP contribution is -2.31. The first-order chi connectivity index (χ1) is 15.4. The van der Waals surface area contributed by atoms with Crippen molar-refractivity contribution < 1.29 is 9.59 Å². The number of nitrogens with one attached hydrogen (secondary N) is 2. The van der Waals surface area contributed by atoms with E-state index in [0.29, 0.717) is 17.5 Å². The molecule has 0 saturated heterocycles. The first-order valence-electron chi connectivity index (χ1n) is 11.0. The third kappa shape index (κ3) is 3.73. The van der Waals surface area contributed by atoms with Gasteiger partial charge in [-0.1, -0.05) is 80.6 Å². The van der Waals surface area contributed by atoms with Crippen LogP contribution in [-0.4, -0.2) is 11.6 Å². The largest absolute Gasteiger partial charge is 0.372 e. The zero-order chi connectivity index (χ0) is 22.3. The SMILES string of the molecule is CC1(C)CC(=O)C2=C(C1)Nc1ccccc1NC2c1ccc(C(=O)c2ccccc2)cc1. The van der Waals surface area contributed by atoms with Crippen LogP contribution in [0.5, 0.6) is 0 Å². The number of rotatable bonds is 3. The lowest BCUT2D eigenvalue weighted by Gasteiger charge is -2.34. The number of fused-ring (bicyclic) bond motifs is 1. The van der Waals surface area contributed by atoms with Gasteiger partial charge in [-0.15, -0.1) is 0 Å². The second-order valence-corrected chi connectivity index (χ2v) is 9.40. The molecule has 0 radical (unpaired) electrons. The van der Waals surface area contributed by atoms with Gasteiger partial charge in [-0.25, -0.2) is 0 Å². The number of carbonyl (C=O) groups is 2. The Bertz CT molecular complexity index is 1220. The van der Waals surface area contributed by atoms with Crippen LogP contribution < -0.4 is 10.6 Å². The highest BCUT2D eigenvalue weighted by atomic mass is 16.1. The number of hydrogen-bond donors (Lipinski definition) is 2. The van der Waals surface area contributed by atoms with E-state index in [1.165, 1.54) is 0 Å². The Hall–Kier alpha value is -3.66. The second-order valence-electron chi connectivity index (χ2n) is 9.40. The predicted molar refractivity (Wildman–Crippen MR) is 128 cm³/mol. The zero-order valence-corrected chi connectivity index (χ0v) is 18.3. The van der Waals surface area contributed by atoms with Gasteiger partial charge in [-0.05, 0) is 29.5 Å². The standard InChI is InChI=1S/C28H26N2O2/c1-28(2)16-23-25(24(31)17-28)26(30-22-11-7-6-10-21(22)29-23)18-12-14-20(15-13-18)27(32)19-8-4-3-5-9-19/h3-15,26,29-30H,16-17H2,1-2H3. The van der Waals surface area contributed by atoms with E-state index in [1.54, 1.807) is 0 Å². The van der Waals surface area contributed by atoms with Crippen molar-refractivity contribution in [2.45, 2.75) is 32.7 Å². The molecule has 0 amide bonds. The third-order valence-electron chi connectivity index (χ3n) is 6.26. The summed E-state index contributed by atoms with van der Waals surface area (Å²) >= 11 is 0. The van der Waals surface area contributed by atoms with Gasteiger partial charge < -0.3 is 10.6 Å². The number of anilines is 2. The Morgan fingerprint density at radius 2 is 1.44 bits per heavy atom. The van der Waals surface area contributed by atoms with Gasteiger partial charge in [-0.2, -0.15) is 0 Å². The molecule has 1 unspecified atom stereocenters. The summed E-state index contributed by atoms with van der Waals surface area (Å²) in [6, 6.07) is 24.7. The Labute approximate surface area is 188 Å². The van der Waals surface area contributed by atoms with Crippen LogP contribution in [0, 0.1) is 5.41 Å². The summed E-state index contributed by atoms with van der Waals surface area (Å²) in [7, 11) is 0. The molecule has 160 valence electrons. The summed E-state index contributed by atoms with van der Waals surface area (Å²) < 4.78 is 0. The van der Waals surface area contributed by atoms with Crippen LogP contribution in [-0.2, 0) is 4.79 Å². The topological polar surface area (TPSA) is 58.2 Å². The molecule has 0 bridgehead atoms. The first kappa shape index (κ1) is 20.3. The van der Waals surface area contributed by atoms with E-state index in [1.807, 2.05) is 78.9 Å². The Balaban J connectivity index is 1.55. The van der Waals surface area contributed by atoms with Crippen molar-refractivity contribution in [2.24, 2.45) is 5.41 Å². The number of benzene rings is 3. The summed E-state index contributed by atoms with van der Waals surface area (Å²) in [6.45, 7) is 4.28. The van der Waals surface area contributed by atoms with Gasteiger partial charge in [0.15, 0.2) is 11.6 Å². The highest BCUT2D eigenvalue weighted by Crippen LogP contribution is 2.45. The fourth-order valence-corrected chi connectivity index (χ4v) is 4.72. The number of allylic oxidation sites excluding steroid dienone is 1. The maximum absolute atomic E-state index is 13.3. The minimum Gasteiger partial charge on any atom is -0.372 e. The zero-order valence-electron chi connectivity index (χ0n) is 18.3. The van der Waals surface area contributed by atoms with Crippen LogP contribution in [0.1, 0.15) is 54.2 Å². The van der Waals surface area contributed by atoms with Gasteiger partial charge in [0.25, 0.3) is 0 Å². The minimum absolute atomic E-state index is 0.00613. The second kappa shape index (κ2) is 7.79. The normalized spacial score (nSPS) is 19.2. The van der Waals surface area contributed by atoms with Gasteiger partial charge in [0.05, 0.1) is 17.4 Å². The van der Waals surface area contributed by atoms with E-state index in [0.717, 1.165) is 34.6 Å². The van der Waals surface area contributed by atoms with Gasteiger partial charge in [0, 0.05) is 28.8 Å². The van der Waals surface area contributed by atoms with Crippen molar-refractivity contribution in [1.29, 1.82) is 0 Å². The quantitative estimate of drug-likeness (QED) is 0.498. The van der Waals surface area contributed by atoms with Crippen molar-refractivity contribution >= 4 is 22.9 Å². The van der Waals surface area contributed by atoms with E-state index in [9.17, 15) is 9.59 Å². The van der Waals surface area contributed by atoms with E-state index in [-0.39, 0.29) is 23.0 Å². The average molecular weight is 423 g/mol. The monoisotopic (exact) mass is 422 g/mol. The van der Waals surface area contributed by atoms with Crippen LogP contribution in [0.25, 0.3) is 0 Å². The van der Waals surface area contributed by atoms with Gasteiger partial charge in [0.2, 0.25) is 0 Å². The molecule has 3 aromatic carbocycles. The molecular formula is C28H26N2O2. The van der Waals surface area contributed by atoms with Crippen LogP contribution in [0.2, 0.25) is 0 Å². The van der Waals surface area contributed by atoms with Crippen molar-refractivity contribution in [2.75, 3.05) is 10.6 Å². The summed E-state index contributed by atoms with van der Waals surface area (Å²) in [5.74, 6) is 0.159. The van der Waals surface area contributed by atoms with Crippen LogP contribution in [0.15, 0.2) is 90.1 Å². The lowest BCUT2D eigenvalue weighted by atomic mass is 9.73. The molecule has 2 N–H and O–H groups in total. The fraction of sp³-hybridized carbons (Fsp3) is 0.214. The molecule has 32 heavy (non-hydrogen) atoms. The summed E-state index contributed by atoms with van der Waals surface area (Å²) in [5, 5.41) is 7.13. The van der Waals surface area contributed by atoms with Crippen LogP contribution >= 0.6 is 0 Å². The Morgan fingerprint density at radius 1 is 0.812 bits per heavy atom. The number of Topliss-reactive ketones (excluding diaryl/α,β-unsaturated/α-hetero) is 1. The molecular weight excluding hydrogens is 396 g/mol. The molecule has 0 spiro atoms. The molecule has 2 aliphatic rings. The number of para-hydroxylation sites is 2. The van der Waals surface area contributed by atoms with Crippen molar-refractivity contribution in [3.8, 4) is 0 Å². The van der Waals surface area contributed by atoms with Crippen molar-refractivity contribution in [3.05, 3.63) is 107 Å². The number of ketones is 2. The number of carbonyl (C=O) groups excluding carboxylic acids is 2. The van der Waals surface area contributed by atoms with Gasteiger partial charge >= 0.3 is 0 Å². The summed E-state index contributed by atoms with van der Waals surface area (Å²) in [4.78, 5) is 26.1. The van der Waals surface area contributed by atoms with E-state index < -0.39 is 0 Å².